The summed E-state index contributed by atoms with van der Waals surface area (Å²) in [6.07, 6.45) is 0. The number of azide groups is 1. The van der Waals surface area contributed by atoms with Gasteiger partial charge in [-0.3, -0.25) is 0 Å². The number of nitrogens with zero attached hydrogens (tertiary/aromatic N) is 4. The van der Waals surface area contributed by atoms with Crippen LogP contribution in [0.25, 0.3) is 10.4 Å². The van der Waals surface area contributed by atoms with E-state index in [4.69, 9.17) is 10.3 Å². The quantitative estimate of drug-likeness (QED) is 0.460. The topological polar surface area (TPSA) is 61.2 Å². The molecule has 90 valence electrons. The molecular formula is C11H13FN4O. The molecule has 1 heterocycles. The predicted molar refractivity (Wildman–Crippen MR) is 62.3 cm³/mol. The lowest BCUT2D eigenvalue weighted by molar-refractivity contribution is 0.122. The van der Waals surface area contributed by atoms with Gasteiger partial charge in [0.2, 0.25) is 0 Å². The summed E-state index contributed by atoms with van der Waals surface area (Å²) in [6.45, 7) is 3.04. The van der Waals surface area contributed by atoms with E-state index in [1.165, 1.54) is 12.1 Å². The summed E-state index contributed by atoms with van der Waals surface area (Å²) >= 11 is 0. The largest absolute Gasteiger partial charge is 0.378 e. The minimum atomic E-state index is -0.315. The van der Waals surface area contributed by atoms with Crippen LogP contribution in [0.4, 0.5) is 10.1 Å². The van der Waals surface area contributed by atoms with Gasteiger partial charge in [0.25, 0.3) is 0 Å². The van der Waals surface area contributed by atoms with Crippen molar-refractivity contribution >= 4 is 5.69 Å². The first-order valence-corrected chi connectivity index (χ1v) is 5.43. The van der Waals surface area contributed by atoms with Crippen molar-refractivity contribution in [3.05, 3.63) is 40.0 Å². The summed E-state index contributed by atoms with van der Waals surface area (Å²) in [6, 6.07) is 4.56. The van der Waals surface area contributed by atoms with E-state index >= 15 is 0 Å². The van der Waals surface area contributed by atoms with E-state index in [1.54, 1.807) is 6.07 Å². The van der Waals surface area contributed by atoms with Crippen molar-refractivity contribution in [2.24, 2.45) is 5.11 Å². The Kier molecular flexibility index (Phi) is 3.80. The normalized spacial score (nSPS) is 15.5. The predicted octanol–water partition coefficient (Wildman–Crippen LogP) is 2.47. The van der Waals surface area contributed by atoms with Gasteiger partial charge in [-0.05, 0) is 29.3 Å². The third-order valence-electron chi connectivity index (χ3n) is 2.70. The van der Waals surface area contributed by atoms with Gasteiger partial charge < -0.3 is 9.64 Å². The second-order valence-corrected chi connectivity index (χ2v) is 3.76. The van der Waals surface area contributed by atoms with E-state index in [2.05, 4.69) is 14.9 Å². The molecule has 0 aromatic heterocycles. The van der Waals surface area contributed by atoms with Crippen LogP contribution in [0.2, 0.25) is 0 Å². The van der Waals surface area contributed by atoms with Crippen LogP contribution in [0.1, 0.15) is 5.56 Å². The fraction of sp³-hybridized carbons (Fsp3) is 0.455. The van der Waals surface area contributed by atoms with Crippen LogP contribution in [-0.4, -0.2) is 26.3 Å². The van der Waals surface area contributed by atoms with Crippen molar-refractivity contribution in [1.29, 1.82) is 0 Å². The summed E-state index contributed by atoms with van der Waals surface area (Å²) in [7, 11) is 0. The van der Waals surface area contributed by atoms with Gasteiger partial charge in [-0.1, -0.05) is 5.11 Å². The Balaban J connectivity index is 2.27. The maximum absolute atomic E-state index is 13.2. The molecule has 17 heavy (non-hydrogen) atoms. The fourth-order valence-corrected chi connectivity index (χ4v) is 1.90. The molecule has 0 aliphatic carbocycles. The Morgan fingerprint density at radius 1 is 1.41 bits per heavy atom. The number of halogens is 1. The lowest BCUT2D eigenvalue weighted by Gasteiger charge is -2.30. The Morgan fingerprint density at radius 2 is 2.18 bits per heavy atom. The Hall–Kier alpha value is -1.78. The van der Waals surface area contributed by atoms with Gasteiger partial charge in [-0.2, -0.15) is 0 Å². The van der Waals surface area contributed by atoms with E-state index in [9.17, 15) is 4.39 Å². The van der Waals surface area contributed by atoms with Crippen molar-refractivity contribution < 1.29 is 9.13 Å². The Labute approximate surface area is 98.4 Å². The van der Waals surface area contributed by atoms with Gasteiger partial charge >= 0.3 is 0 Å². The van der Waals surface area contributed by atoms with Crippen LogP contribution in [0.5, 0.6) is 0 Å². The van der Waals surface area contributed by atoms with Crippen molar-refractivity contribution in [2.45, 2.75) is 6.54 Å². The molecule has 6 heteroatoms. The van der Waals surface area contributed by atoms with Crippen LogP contribution in [-0.2, 0) is 11.3 Å². The molecule has 0 unspecified atom stereocenters. The molecule has 0 N–H and O–H groups in total. The number of hydrogen-bond donors (Lipinski definition) is 0. The zero-order valence-corrected chi connectivity index (χ0v) is 9.34. The molecule has 1 aliphatic rings. The molecule has 1 fully saturated rings. The van der Waals surface area contributed by atoms with Gasteiger partial charge in [0.15, 0.2) is 0 Å². The number of rotatable bonds is 3. The monoisotopic (exact) mass is 236 g/mol. The maximum atomic E-state index is 13.2. The standard InChI is InChI=1S/C11H13FN4O/c12-10-1-2-11(9(7-10)8-14-15-13)16-3-5-17-6-4-16/h1-2,7H,3-6,8H2. The van der Waals surface area contributed by atoms with Gasteiger partial charge in [0.05, 0.1) is 19.8 Å². The lowest BCUT2D eigenvalue weighted by atomic mass is 10.1. The van der Waals surface area contributed by atoms with Gasteiger partial charge in [0, 0.05) is 23.7 Å². The van der Waals surface area contributed by atoms with Gasteiger partial charge in [-0.15, -0.1) is 0 Å². The molecule has 0 bridgehead atoms. The highest BCUT2D eigenvalue weighted by Gasteiger charge is 2.14. The molecule has 1 saturated heterocycles. The molecule has 1 aliphatic heterocycles. The summed E-state index contributed by atoms with van der Waals surface area (Å²) in [4.78, 5) is 4.82. The molecule has 1 aromatic carbocycles. The average Bonchev–Trinajstić information content (AvgIpc) is 2.37. The SMILES string of the molecule is [N-]=[N+]=NCc1cc(F)ccc1N1CCOCC1. The third-order valence-corrected chi connectivity index (χ3v) is 2.70. The van der Waals surface area contributed by atoms with E-state index in [-0.39, 0.29) is 12.4 Å². The molecule has 2 rings (SSSR count). The highest BCUT2D eigenvalue weighted by atomic mass is 19.1. The van der Waals surface area contributed by atoms with Gasteiger partial charge in [-0.25, -0.2) is 4.39 Å². The number of ether oxygens (including phenoxy) is 1. The Morgan fingerprint density at radius 3 is 2.88 bits per heavy atom. The van der Waals surface area contributed by atoms with Crippen LogP contribution in [0, 0.1) is 5.82 Å². The van der Waals surface area contributed by atoms with E-state index < -0.39 is 0 Å². The highest BCUT2D eigenvalue weighted by molar-refractivity contribution is 5.54. The number of morpholine rings is 1. The lowest BCUT2D eigenvalue weighted by Crippen LogP contribution is -2.36. The maximum Gasteiger partial charge on any atom is 0.123 e. The van der Waals surface area contributed by atoms with Crippen LogP contribution in [0.3, 0.4) is 0 Å². The molecule has 5 nitrogen and oxygen atoms in total. The molecule has 0 radical (unpaired) electrons. The van der Waals surface area contributed by atoms with Gasteiger partial charge in [0.1, 0.15) is 5.82 Å². The molecular weight excluding hydrogens is 223 g/mol. The first-order chi connectivity index (χ1) is 8.31. The minimum Gasteiger partial charge on any atom is -0.378 e. The first-order valence-electron chi connectivity index (χ1n) is 5.43. The van der Waals surface area contributed by atoms with E-state index in [1.807, 2.05) is 0 Å². The average molecular weight is 236 g/mol. The molecule has 0 amide bonds. The summed E-state index contributed by atoms with van der Waals surface area (Å²) in [5.41, 5.74) is 9.96. The van der Waals surface area contributed by atoms with E-state index in [0.717, 1.165) is 18.8 Å². The molecule has 0 atom stereocenters. The number of benzene rings is 1. The van der Waals surface area contributed by atoms with Crippen molar-refractivity contribution in [1.82, 2.24) is 0 Å². The third kappa shape index (κ3) is 2.87. The summed E-state index contributed by atoms with van der Waals surface area (Å²) in [5.74, 6) is -0.315. The van der Waals surface area contributed by atoms with Crippen molar-refractivity contribution in [2.75, 3.05) is 31.2 Å². The van der Waals surface area contributed by atoms with Crippen LogP contribution < -0.4 is 4.90 Å². The minimum absolute atomic E-state index is 0.168. The van der Waals surface area contributed by atoms with Crippen molar-refractivity contribution in [3.8, 4) is 0 Å². The second kappa shape index (κ2) is 5.52. The fourth-order valence-electron chi connectivity index (χ4n) is 1.90. The Bertz CT molecular complexity index is 439. The zero-order valence-electron chi connectivity index (χ0n) is 9.34. The molecule has 0 spiro atoms. The summed E-state index contributed by atoms with van der Waals surface area (Å²) < 4.78 is 18.4. The smallest absolute Gasteiger partial charge is 0.123 e. The van der Waals surface area contributed by atoms with Crippen molar-refractivity contribution in [3.63, 3.8) is 0 Å². The summed E-state index contributed by atoms with van der Waals surface area (Å²) in [5, 5.41) is 3.49. The number of hydrogen-bond acceptors (Lipinski definition) is 3. The highest BCUT2D eigenvalue weighted by Crippen LogP contribution is 2.23. The number of anilines is 1. The second-order valence-electron chi connectivity index (χ2n) is 3.76. The van der Waals surface area contributed by atoms with Crippen LogP contribution in [0.15, 0.2) is 23.3 Å². The first kappa shape index (κ1) is 11.7. The van der Waals surface area contributed by atoms with E-state index in [0.29, 0.717) is 18.8 Å². The molecule has 0 saturated carbocycles. The molecule has 1 aromatic rings. The zero-order chi connectivity index (χ0) is 12.1. The van der Waals surface area contributed by atoms with Crippen LogP contribution >= 0.6 is 0 Å².